The molecule has 0 spiro atoms. The summed E-state index contributed by atoms with van der Waals surface area (Å²) in [5.41, 5.74) is 1.61. The van der Waals surface area contributed by atoms with E-state index in [2.05, 4.69) is 0 Å². The van der Waals surface area contributed by atoms with E-state index in [0.717, 1.165) is 0 Å². The molecule has 1 aliphatic carbocycles. The first-order valence-electron chi connectivity index (χ1n) is 4.20. The Morgan fingerprint density at radius 1 is 1.31 bits per heavy atom. The lowest BCUT2D eigenvalue weighted by atomic mass is 10.1. The fourth-order valence-electron chi connectivity index (χ4n) is 1.40. The Morgan fingerprint density at radius 3 is 2.54 bits per heavy atom. The number of hydrogen-bond donors (Lipinski definition) is 1. The summed E-state index contributed by atoms with van der Waals surface area (Å²) in [7, 11) is 0. The van der Waals surface area contributed by atoms with Crippen molar-refractivity contribution >= 4 is 0 Å². The molecule has 66 valence electrons. The minimum Gasteiger partial charge on any atom is -0.504 e. The van der Waals surface area contributed by atoms with Gasteiger partial charge in [0.15, 0.2) is 5.75 Å². The smallest absolute Gasteiger partial charge is 0.220 e. The van der Waals surface area contributed by atoms with E-state index >= 15 is 0 Å². The van der Waals surface area contributed by atoms with Crippen molar-refractivity contribution in [3.05, 3.63) is 51.7 Å². The second-order valence-electron chi connectivity index (χ2n) is 3.27. The molecule has 0 aliphatic heterocycles. The lowest BCUT2D eigenvalue weighted by Crippen LogP contribution is -1.96. The average molecular weight is 174 g/mol. The van der Waals surface area contributed by atoms with Crippen LogP contribution in [0, 0.1) is 0 Å². The number of allylic oxidation sites excluding steroid dienone is 2. The van der Waals surface area contributed by atoms with Crippen LogP contribution in [0.3, 0.4) is 0 Å². The normalized spacial score (nSPS) is 19.5. The molecule has 1 atom stereocenters. The molecule has 0 saturated carbocycles. The minimum absolute atomic E-state index is 0.122. The van der Waals surface area contributed by atoms with Crippen LogP contribution in [0.2, 0.25) is 0 Å². The van der Waals surface area contributed by atoms with Crippen LogP contribution in [-0.4, -0.2) is 5.11 Å². The van der Waals surface area contributed by atoms with E-state index in [4.69, 9.17) is 0 Å². The van der Waals surface area contributed by atoms with Crippen LogP contribution in [-0.2, 0) is 0 Å². The number of aromatic hydroxyl groups is 1. The summed E-state index contributed by atoms with van der Waals surface area (Å²) in [5, 5.41) is 9.54. The van der Waals surface area contributed by atoms with Crippen molar-refractivity contribution in [1.29, 1.82) is 0 Å². The summed E-state index contributed by atoms with van der Waals surface area (Å²) in [6.07, 6.45) is 2.02. The van der Waals surface area contributed by atoms with Crippen molar-refractivity contribution in [2.75, 3.05) is 0 Å². The van der Waals surface area contributed by atoms with Crippen molar-refractivity contribution in [3.8, 4) is 5.75 Å². The van der Waals surface area contributed by atoms with Gasteiger partial charge in [-0.3, -0.25) is 4.79 Å². The molecular formula is C11H10O2. The molecule has 1 aliphatic rings. The molecule has 0 saturated heterocycles. The monoisotopic (exact) mass is 174 g/mol. The molecule has 0 radical (unpaired) electrons. The maximum Gasteiger partial charge on any atom is 0.220 e. The molecule has 1 unspecified atom stereocenters. The zero-order valence-electron chi connectivity index (χ0n) is 7.32. The van der Waals surface area contributed by atoms with Gasteiger partial charge < -0.3 is 5.11 Å². The number of hydrogen-bond acceptors (Lipinski definition) is 2. The highest BCUT2D eigenvalue weighted by atomic mass is 16.3. The van der Waals surface area contributed by atoms with E-state index in [0.29, 0.717) is 5.56 Å². The van der Waals surface area contributed by atoms with Gasteiger partial charge in [-0.25, -0.2) is 0 Å². The second-order valence-corrected chi connectivity index (χ2v) is 3.27. The second kappa shape index (κ2) is 2.73. The molecule has 0 fully saturated rings. The van der Waals surface area contributed by atoms with Crippen LogP contribution >= 0.6 is 0 Å². The summed E-state index contributed by atoms with van der Waals surface area (Å²) >= 11 is 0. The molecule has 0 aromatic heterocycles. The van der Waals surface area contributed by atoms with Crippen LogP contribution in [0.1, 0.15) is 18.4 Å². The van der Waals surface area contributed by atoms with Gasteiger partial charge in [0, 0.05) is 11.5 Å². The highest BCUT2D eigenvalue weighted by Gasteiger charge is 2.24. The third kappa shape index (κ3) is 1.35. The van der Waals surface area contributed by atoms with E-state index in [9.17, 15) is 9.90 Å². The van der Waals surface area contributed by atoms with E-state index < -0.39 is 0 Å². The largest absolute Gasteiger partial charge is 0.504 e. The summed E-state index contributed by atoms with van der Waals surface area (Å²) in [6.45, 7) is 1.99. The Hall–Kier alpha value is -1.57. The van der Waals surface area contributed by atoms with Gasteiger partial charge in [0.05, 0.1) is 0 Å². The van der Waals surface area contributed by atoms with Crippen LogP contribution in [0.5, 0.6) is 5.75 Å². The standard InChI is InChI=1S/C11H10O2/c1-7-6-9(7)8-4-2-3-5-10(12)11(8)13/h2-6,9H,1H3,(H,12,13). The van der Waals surface area contributed by atoms with Crippen LogP contribution in [0.15, 0.2) is 40.7 Å². The van der Waals surface area contributed by atoms with Gasteiger partial charge in [-0.2, -0.15) is 0 Å². The Labute approximate surface area is 76.2 Å². The van der Waals surface area contributed by atoms with Crippen molar-refractivity contribution in [2.24, 2.45) is 0 Å². The molecule has 2 rings (SSSR count). The summed E-state index contributed by atoms with van der Waals surface area (Å²) in [4.78, 5) is 11.2. The quantitative estimate of drug-likeness (QED) is 0.659. The maximum atomic E-state index is 11.2. The third-order valence-corrected chi connectivity index (χ3v) is 2.29. The van der Waals surface area contributed by atoms with Gasteiger partial charge >= 0.3 is 0 Å². The Bertz CT molecular complexity index is 432. The van der Waals surface area contributed by atoms with E-state index in [-0.39, 0.29) is 17.1 Å². The van der Waals surface area contributed by atoms with Crippen molar-refractivity contribution in [1.82, 2.24) is 0 Å². The third-order valence-electron chi connectivity index (χ3n) is 2.29. The Kier molecular flexibility index (Phi) is 1.69. The fraction of sp³-hybridized carbons (Fsp3) is 0.182. The summed E-state index contributed by atoms with van der Waals surface area (Å²) in [5.74, 6) is 0.0585. The first-order chi connectivity index (χ1) is 6.20. The van der Waals surface area contributed by atoms with Crippen molar-refractivity contribution in [3.63, 3.8) is 0 Å². The average Bonchev–Trinajstić information content (AvgIpc) is 2.82. The molecule has 0 bridgehead atoms. The highest BCUT2D eigenvalue weighted by molar-refractivity contribution is 5.49. The predicted octanol–water partition coefficient (Wildman–Crippen LogP) is 1.80. The topological polar surface area (TPSA) is 37.3 Å². The van der Waals surface area contributed by atoms with Gasteiger partial charge in [-0.1, -0.05) is 29.8 Å². The van der Waals surface area contributed by atoms with E-state index in [1.54, 1.807) is 18.2 Å². The molecule has 1 N–H and O–H groups in total. The van der Waals surface area contributed by atoms with Gasteiger partial charge in [0.1, 0.15) is 0 Å². The first-order valence-corrected chi connectivity index (χ1v) is 4.20. The predicted molar refractivity (Wildman–Crippen MR) is 50.9 cm³/mol. The van der Waals surface area contributed by atoms with Gasteiger partial charge in [0.2, 0.25) is 5.43 Å². The zero-order valence-corrected chi connectivity index (χ0v) is 7.32. The van der Waals surface area contributed by atoms with Gasteiger partial charge in [-0.15, -0.1) is 0 Å². The molecule has 2 nitrogen and oxygen atoms in total. The van der Waals surface area contributed by atoms with E-state index in [1.807, 2.05) is 13.0 Å². The van der Waals surface area contributed by atoms with Gasteiger partial charge in [0.25, 0.3) is 0 Å². The molecular weight excluding hydrogens is 164 g/mol. The summed E-state index contributed by atoms with van der Waals surface area (Å²) < 4.78 is 0. The maximum absolute atomic E-state index is 11.2. The molecule has 2 heteroatoms. The molecule has 0 amide bonds. The SMILES string of the molecule is CC1=CC1c1ccccc(=O)c1O. The van der Waals surface area contributed by atoms with Crippen LogP contribution in [0.4, 0.5) is 0 Å². The van der Waals surface area contributed by atoms with Crippen LogP contribution in [0.25, 0.3) is 0 Å². The fourth-order valence-corrected chi connectivity index (χ4v) is 1.40. The zero-order chi connectivity index (χ0) is 9.42. The molecule has 1 aromatic carbocycles. The van der Waals surface area contributed by atoms with Crippen molar-refractivity contribution < 1.29 is 5.11 Å². The first kappa shape index (κ1) is 8.05. The number of rotatable bonds is 1. The lowest BCUT2D eigenvalue weighted by Gasteiger charge is -1.97. The summed E-state index contributed by atoms with van der Waals surface area (Å²) in [6, 6.07) is 6.57. The molecule has 13 heavy (non-hydrogen) atoms. The van der Waals surface area contributed by atoms with Crippen LogP contribution < -0.4 is 5.43 Å². The van der Waals surface area contributed by atoms with Crippen molar-refractivity contribution in [2.45, 2.75) is 12.8 Å². The Morgan fingerprint density at radius 2 is 1.92 bits per heavy atom. The highest BCUT2D eigenvalue weighted by Crippen LogP contribution is 2.40. The molecule has 0 heterocycles. The van der Waals surface area contributed by atoms with Gasteiger partial charge in [-0.05, 0) is 13.0 Å². The molecule has 1 aromatic rings. The lowest BCUT2D eigenvalue weighted by molar-refractivity contribution is 0.465. The van der Waals surface area contributed by atoms with E-state index in [1.165, 1.54) is 11.6 Å². The Balaban J connectivity index is 2.54. The minimum atomic E-state index is -0.312.